The van der Waals surface area contributed by atoms with Gasteiger partial charge in [-0.1, -0.05) is 5.16 Å². The van der Waals surface area contributed by atoms with E-state index in [9.17, 15) is 4.79 Å². The van der Waals surface area contributed by atoms with E-state index in [1.807, 2.05) is 0 Å². The van der Waals surface area contributed by atoms with Crippen LogP contribution in [0.3, 0.4) is 0 Å². The first-order chi connectivity index (χ1) is 6.27. The molecule has 2 aromatic rings. The van der Waals surface area contributed by atoms with E-state index in [0.29, 0.717) is 16.5 Å². The molecule has 66 valence electrons. The maximum atomic E-state index is 10.9. The van der Waals surface area contributed by atoms with E-state index in [2.05, 4.69) is 10.1 Å². The highest BCUT2D eigenvalue weighted by Crippen LogP contribution is 2.22. The summed E-state index contributed by atoms with van der Waals surface area (Å²) >= 11 is 1.37. The molecule has 0 amide bonds. The minimum absolute atomic E-state index is 0.0398. The number of carbonyl (C=O) groups excluding carboxylic acids is 1. The lowest BCUT2D eigenvalue weighted by molar-refractivity contribution is 0.101. The van der Waals surface area contributed by atoms with Crippen LogP contribution in [0.2, 0.25) is 0 Å². The predicted molar refractivity (Wildman–Crippen MR) is 47.6 cm³/mol. The molecule has 0 aliphatic heterocycles. The van der Waals surface area contributed by atoms with Crippen LogP contribution in [0.15, 0.2) is 22.2 Å². The van der Waals surface area contributed by atoms with Crippen LogP contribution in [0.25, 0.3) is 10.8 Å². The lowest BCUT2D eigenvalue weighted by Crippen LogP contribution is -1.90. The molecule has 2 aromatic heterocycles. The maximum Gasteiger partial charge on any atom is 0.195 e. The number of aromatic nitrogens is 2. The fourth-order valence-electron chi connectivity index (χ4n) is 0.875. The number of thiazole rings is 1. The monoisotopic (exact) mass is 194 g/mol. The van der Waals surface area contributed by atoms with Gasteiger partial charge in [0.1, 0.15) is 5.69 Å². The molecule has 0 saturated heterocycles. The van der Waals surface area contributed by atoms with Crippen molar-refractivity contribution in [3.05, 3.63) is 23.3 Å². The van der Waals surface area contributed by atoms with Crippen molar-refractivity contribution in [1.29, 1.82) is 0 Å². The van der Waals surface area contributed by atoms with Gasteiger partial charge in [-0.05, 0) is 0 Å². The van der Waals surface area contributed by atoms with Crippen LogP contribution < -0.4 is 0 Å². The fraction of sp³-hybridized carbons (Fsp3) is 0.125. The normalized spacial score (nSPS) is 10.2. The lowest BCUT2D eigenvalue weighted by Gasteiger charge is -1.84. The minimum atomic E-state index is -0.0398. The van der Waals surface area contributed by atoms with Crippen LogP contribution >= 0.6 is 11.3 Å². The molecule has 5 heteroatoms. The van der Waals surface area contributed by atoms with Gasteiger partial charge in [0.05, 0.1) is 6.20 Å². The Morgan fingerprint density at radius 1 is 1.62 bits per heavy atom. The Morgan fingerprint density at radius 3 is 3.00 bits per heavy atom. The first kappa shape index (κ1) is 8.12. The Balaban J connectivity index is 2.39. The van der Waals surface area contributed by atoms with Crippen molar-refractivity contribution in [2.45, 2.75) is 6.92 Å². The molecule has 0 N–H and O–H groups in total. The molecular formula is C8H6N2O2S. The number of Topliss-reactive ketones (excluding diaryl/α,β-unsaturated/α-hetero) is 1. The van der Waals surface area contributed by atoms with Gasteiger partial charge >= 0.3 is 0 Å². The van der Waals surface area contributed by atoms with E-state index < -0.39 is 0 Å². The summed E-state index contributed by atoms with van der Waals surface area (Å²) in [6.07, 6.45) is 1.55. The van der Waals surface area contributed by atoms with Crippen molar-refractivity contribution in [1.82, 2.24) is 10.1 Å². The van der Waals surface area contributed by atoms with E-state index >= 15 is 0 Å². The number of rotatable bonds is 2. The number of hydrogen-bond acceptors (Lipinski definition) is 5. The largest absolute Gasteiger partial charge is 0.354 e. The van der Waals surface area contributed by atoms with Gasteiger partial charge in [-0.3, -0.25) is 4.79 Å². The van der Waals surface area contributed by atoms with Gasteiger partial charge in [0.25, 0.3) is 0 Å². The molecule has 0 atom stereocenters. The molecule has 2 heterocycles. The summed E-state index contributed by atoms with van der Waals surface area (Å²) in [6.45, 7) is 1.49. The molecular weight excluding hydrogens is 188 g/mol. The topological polar surface area (TPSA) is 56.0 Å². The molecule has 0 saturated carbocycles. The Bertz CT molecular complexity index is 419. The Labute approximate surface area is 78.2 Å². The van der Waals surface area contributed by atoms with Crippen LogP contribution in [-0.2, 0) is 0 Å². The Morgan fingerprint density at radius 2 is 2.46 bits per heavy atom. The third-order valence-electron chi connectivity index (χ3n) is 1.51. The molecule has 4 nitrogen and oxygen atoms in total. The third kappa shape index (κ3) is 1.50. The van der Waals surface area contributed by atoms with Crippen molar-refractivity contribution in [3.63, 3.8) is 0 Å². The maximum absolute atomic E-state index is 10.9. The van der Waals surface area contributed by atoms with Crippen molar-refractivity contribution in [2.75, 3.05) is 0 Å². The standard InChI is InChI=1S/C8H6N2O2S/c1-5(11)6-4-13-8(10-6)7-2-3-9-12-7/h2-4H,1H3. The van der Waals surface area contributed by atoms with E-state index in [0.717, 1.165) is 0 Å². The predicted octanol–water partition coefficient (Wildman–Crippen LogP) is 2.00. The zero-order valence-corrected chi connectivity index (χ0v) is 7.67. The zero-order chi connectivity index (χ0) is 9.26. The number of ketones is 1. The SMILES string of the molecule is CC(=O)c1csc(-c2ccno2)n1. The molecule has 0 aromatic carbocycles. The average molecular weight is 194 g/mol. The van der Waals surface area contributed by atoms with Crippen molar-refractivity contribution < 1.29 is 9.32 Å². The highest BCUT2D eigenvalue weighted by molar-refractivity contribution is 7.13. The minimum Gasteiger partial charge on any atom is -0.354 e. The van der Waals surface area contributed by atoms with E-state index in [1.165, 1.54) is 18.3 Å². The summed E-state index contributed by atoms with van der Waals surface area (Å²) in [5, 5.41) is 5.95. The lowest BCUT2D eigenvalue weighted by atomic mass is 10.3. The summed E-state index contributed by atoms with van der Waals surface area (Å²) in [5.41, 5.74) is 0.469. The summed E-state index contributed by atoms with van der Waals surface area (Å²) in [6, 6.07) is 1.71. The van der Waals surface area contributed by atoms with Gasteiger partial charge in [0.15, 0.2) is 16.6 Å². The second-order valence-electron chi connectivity index (χ2n) is 2.47. The average Bonchev–Trinajstić information content (AvgIpc) is 2.75. The number of nitrogens with zero attached hydrogens (tertiary/aromatic N) is 2. The van der Waals surface area contributed by atoms with Gasteiger partial charge in [0.2, 0.25) is 0 Å². The molecule has 0 spiro atoms. The third-order valence-corrected chi connectivity index (χ3v) is 2.37. The van der Waals surface area contributed by atoms with Crippen molar-refractivity contribution >= 4 is 17.1 Å². The van der Waals surface area contributed by atoms with Crippen molar-refractivity contribution in [3.8, 4) is 10.8 Å². The van der Waals surface area contributed by atoms with Gasteiger partial charge < -0.3 is 4.52 Å². The second kappa shape index (κ2) is 3.10. The highest BCUT2D eigenvalue weighted by Gasteiger charge is 2.09. The number of hydrogen-bond donors (Lipinski definition) is 0. The molecule has 2 rings (SSSR count). The molecule has 13 heavy (non-hydrogen) atoms. The summed E-state index contributed by atoms with van der Waals surface area (Å²) in [7, 11) is 0. The first-order valence-electron chi connectivity index (χ1n) is 3.65. The molecule has 0 aliphatic carbocycles. The van der Waals surface area contributed by atoms with E-state index in [-0.39, 0.29) is 5.78 Å². The second-order valence-corrected chi connectivity index (χ2v) is 3.33. The summed E-state index contributed by atoms with van der Waals surface area (Å²) in [4.78, 5) is 15.0. The van der Waals surface area contributed by atoms with Gasteiger partial charge in [-0.2, -0.15) is 0 Å². The van der Waals surface area contributed by atoms with Crippen molar-refractivity contribution in [2.24, 2.45) is 0 Å². The summed E-state index contributed by atoms with van der Waals surface area (Å²) in [5.74, 6) is 0.555. The Kier molecular flexibility index (Phi) is 1.94. The van der Waals surface area contributed by atoms with Gasteiger partial charge in [-0.15, -0.1) is 11.3 Å². The van der Waals surface area contributed by atoms with E-state index in [4.69, 9.17) is 4.52 Å². The van der Waals surface area contributed by atoms with E-state index in [1.54, 1.807) is 17.6 Å². The molecule has 0 aliphatic rings. The van der Waals surface area contributed by atoms with Gasteiger partial charge in [-0.25, -0.2) is 4.98 Å². The molecule has 0 bridgehead atoms. The number of carbonyl (C=O) groups is 1. The summed E-state index contributed by atoms with van der Waals surface area (Å²) < 4.78 is 4.90. The quantitative estimate of drug-likeness (QED) is 0.686. The van der Waals surface area contributed by atoms with Crippen LogP contribution in [0.1, 0.15) is 17.4 Å². The highest BCUT2D eigenvalue weighted by atomic mass is 32.1. The van der Waals surface area contributed by atoms with Gasteiger partial charge in [0, 0.05) is 18.4 Å². The Hall–Kier alpha value is -1.49. The molecule has 0 unspecified atom stereocenters. The van der Waals surface area contributed by atoms with Crippen LogP contribution in [0.5, 0.6) is 0 Å². The fourth-order valence-corrected chi connectivity index (χ4v) is 1.69. The van der Waals surface area contributed by atoms with Crippen LogP contribution in [0.4, 0.5) is 0 Å². The zero-order valence-electron chi connectivity index (χ0n) is 6.85. The van der Waals surface area contributed by atoms with Crippen LogP contribution in [-0.4, -0.2) is 15.9 Å². The molecule has 0 radical (unpaired) electrons. The van der Waals surface area contributed by atoms with Crippen LogP contribution in [0, 0.1) is 0 Å². The smallest absolute Gasteiger partial charge is 0.195 e. The molecule has 0 fully saturated rings. The first-order valence-corrected chi connectivity index (χ1v) is 4.53.